The molecule has 0 saturated heterocycles. The van der Waals surface area contributed by atoms with Gasteiger partial charge in [0.1, 0.15) is 11.6 Å². The van der Waals surface area contributed by atoms with Gasteiger partial charge >= 0.3 is 6.18 Å². The maximum Gasteiger partial charge on any atom is 0.417 e. The Hall–Kier alpha value is -2.97. The molecule has 0 spiro atoms. The van der Waals surface area contributed by atoms with Crippen LogP contribution < -0.4 is 0 Å². The second-order valence-corrected chi connectivity index (χ2v) is 4.59. The number of H-pyrrole nitrogens is 1. The van der Waals surface area contributed by atoms with Gasteiger partial charge < -0.3 is 5.11 Å². The van der Waals surface area contributed by atoms with E-state index in [0.29, 0.717) is 0 Å². The minimum Gasteiger partial charge on any atom is -0.507 e. The van der Waals surface area contributed by atoms with E-state index in [9.17, 15) is 22.7 Å². The Labute approximate surface area is 126 Å². The van der Waals surface area contributed by atoms with Crippen LogP contribution in [-0.2, 0) is 6.18 Å². The van der Waals surface area contributed by atoms with Gasteiger partial charge in [0.25, 0.3) is 0 Å². The number of nitrogens with one attached hydrogen (secondary N) is 1. The van der Waals surface area contributed by atoms with E-state index in [1.165, 1.54) is 0 Å². The number of benzene rings is 1. The molecule has 0 bridgehead atoms. The molecule has 3 aromatic rings. The molecule has 0 radical (unpaired) electrons. The zero-order valence-electron chi connectivity index (χ0n) is 11.3. The SMILES string of the molecule is Oc1ccc(F)cc1-c1nc(-c2cnccc2C(F)(F)F)n[nH]1. The predicted octanol–water partition coefficient (Wildman–Crippen LogP) is 3.40. The van der Waals surface area contributed by atoms with E-state index in [1.807, 2.05) is 0 Å². The number of halogens is 4. The molecule has 0 unspecified atom stereocenters. The van der Waals surface area contributed by atoms with E-state index < -0.39 is 17.6 Å². The average Bonchev–Trinajstić information content (AvgIpc) is 2.98. The van der Waals surface area contributed by atoms with Crippen molar-refractivity contribution in [3.05, 3.63) is 48.0 Å². The van der Waals surface area contributed by atoms with Gasteiger partial charge in [-0.15, -0.1) is 0 Å². The van der Waals surface area contributed by atoms with E-state index in [4.69, 9.17) is 0 Å². The molecule has 3 rings (SSSR count). The van der Waals surface area contributed by atoms with E-state index in [1.54, 1.807) is 0 Å². The standard InChI is InChI=1S/C14H8F4N4O/c15-7-1-2-11(23)8(5-7)12-20-13(22-21-12)9-6-19-4-3-10(9)14(16,17)18/h1-6,23H,(H,20,21,22). The van der Waals surface area contributed by atoms with Gasteiger partial charge in [-0.2, -0.15) is 18.3 Å². The Morgan fingerprint density at radius 1 is 1.09 bits per heavy atom. The molecule has 2 aromatic heterocycles. The molecule has 0 fully saturated rings. The van der Waals surface area contributed by atoms with Gasteiger partial charge in [0, 0.05) is 12.4 Å². The van der Waals surface area contributed by atoms with Crippen LogP contribution in [0.5, 0.6) is 5.75 Å². The first-order valence-electron chi connectivity index (χ1n) is 6.29. The maximum atomic E-state index is 13.3. The molecule has 0 aliphatic heterocycles. The van der Waals surface area contributed by atoms with Gasteiger partial charge in [0.2, 0.25) is 0 Å². The van der Waals surface area contributed by atoms with Gasteiger partial charge in [-0.25, -0.2) is 9.37 Å². The average molecular weight is 324 g/mol. The fourth-order valence-corrected chi connectivity index (χ4v) is 2.02. The second kappa shape index (κ2) is 5.34. The number of hydrogen-bond donors (Lipinski definition) is 2. The summed E-state index contributed by atoms with van der Waals surface area (Å²) in [4.78, 5) is 7.54. The number of aromatic hydroxyl groups is 1. The summed E-state index contributed by atoms with van der Waals surface area (Å²) in [5, 5.41) is 15.8. The lowest BCUT2D eigenvalue weighted by Crippen LogP contribution is -2.07. The monoisotopic (exact) mass is 324 g/mol. The molecule has 0 aliphatic carbocycles. The van der Waals surface area contributed by atoms with Crippen LogP contribution in [0.15, 0.2) is 36.7 Å². The molecular weight excluding hydrogens is 316 g/mol. The molecule has 118 valence electrons. The van der Waals surface area contributed by atoms with Crippen LogP contribution in [0, 0.1) is 5.82 Å². The highest BCUT2D eigenvalue weighted by Gasteiger charge is 2.34. The van der Waals surface area contributed by atoms with Crippen molar-refractivity contribution < 1.29 is 22.7 Å². The van der Waals surface area contributed by atoms with Crippen LogP contribution in [0.25, 0.3) is 22.8 Å². The molecule has 2 N–H and O–H groups in total. The van der Waals surface area contributed by atoms with Gasteiger partial charge in [-0.3, -0.25) is 10.1 Å². The third kappa shape index (κ3) is 2.85. The highest BCUT2D eigenvalue weighted by Crippen LogP contribution is 2.36. The van der Waals surface area contributed by atoms with Gasteiger partial charge in [0.15, 0.2) is 11.6 Å². The Kier molecular flexibility index (Phi) is 3.47. The van der Waals surface area contributed by atoms with Crippen molar-refractivity contribution in [2.45, 2.75) is 6.18 Å². The van der Waals surface area contributed by atoms with Crippen molar-refractivity contribution in [1.29, 1.82) is 0 Å². The molecule has 2 heterocycles. The molecule has 0 atom stereocenters. The fraction of sp³-hybridized carbons (Fsp3) is 0.0714. The van der Waals surface area contributed by atoms with E-state index in [0.717, 1.165) is 36.7 Å². The zero-order valence-corrected chi connectivity index (χ0v) is 11.3. The first kappa shape index (κ1) is 14.9. The third-order valence-corrected chi connectivity index (χ3v) is 3.07. The largest absolute Gasteiger partial charge is 0.507 e. The number of nitrogens with zero attached hydrogens (tertiary/aromatic N) is 3. The Balaban J connectivity index is 2.09. The van der Waals surface area contributed by atoms with Crippen molar-refractivity contribution in [2.24, 2.45) is 0 Å². The van der Waals surface area contributed by atoms with Crippen molar-refractivity contribution in [2.75, 3.05) is 0 Å². The van der Waals surface area contributed by atoms with Crippen molar-refractivity contribution in [3.8, 4) is 28.5 Å². The fourth-order valence-electron chi connectivity index (χ4n) is 2.02. The summed E-state index contributed by atoms with van der Waals surface area (Å²) in [5.74, 6) is -1.23. The summed E-state index contributed by atoms with van der Waals surface area (Å²) in [6.07, 6.45) is -2.60. The van der Waals surface area contributed by atoms with E-state index in [2.05, 4.69) is 20.2 Å². The summed E-state index contributed by atoms with van der Waals surface area (Å²) in [6, 6.07) is 3.95. The number of phenolic OH excluding ortho intramolecular Hbond substituents is 1. The number of hydrogen-bond acceptors (Lipinski definition) is 4. The summed E-state index contributed by atoms with van der Waals surface area (Å²) in [7, 11) is 0. The van der Waals surface area contributed by atoms with Crippen LogP contribution in [-0.4, -0.2) is 25.3 Å². The van der Waals surface area contributed by atoms with Crippen LogP contribution in [0.4, 0.5) is 17.6 Å². The number of phenols is 1. The Bertz CT molecular complexity index is 860. The quantitative estimate of drug-likeness (QED) is 0.709. The number of aromatic amines is 1. The van der Waals surface area contributed by atoms with Crippen LogP contribution >= 0.6 is 0 Å². The van der Waals surface area contributed by atoms with Crippen LogP contribution in [0.3, 0.4) is 0 Å². The van der Waals surface area contributed by atoms with Crippen molar-refractivity contribution in [3.63, 3.8) is 0 Å². The number of pyridine rings is 1. The zero-order chi connectivity index (χ0) is 16.6. The van der Waals surface area contributed by atoms with Gasteiger partial charge in [-0.1, -0.05) is 0 Å². The summed E-state index contributed by atoms with van der Waals surface area (Å²) < 4.78 is 52.2. The molecule has 1 aromatic carbocycles. The molecule has 5 nitrogen and oxygen atoms in total. The minimum absolute atomic E-state index is 0.0128. The van der Waals surface area contributed by atoms with Gasteiger partial charge in [-0.05, 0) is 24.3 Å². The molecule has 23 heavy (non-hydrogen) atoms. The lowest BCUT2D eigenvalue weighted by molar-refractivity contribution is -0.137. The predicted molar refractivity (Wildman–Crippen MR) is 71.7 cm³/mol. The first-order chi connectivity index (χ1) is 10.9. The lowest BCUT2D eigenvalue weighted by atomic mass is 10.1. The smallest absolute Gasteiger partial charge is 0.417 e. The molecular formula is C14H8F4N4O. The van der Waals surface area contributed by atoms with Crippen molar-refractivity contribution in [1.82, 2.24) is 20.2 Å². The summed E-state index contributed by atoms with van der Waals surface area (Å²) in [5.41, 5.74) is -1.28. The van der Waals surface area contributed by atoms with E-state index in [-0.39, 0.29) is 28.5 Å². The highest BCUT2D eigenvalue weighted by atomic mass is 19.4. The van der Waals surface area contributed by atoms with E-state index >= 15 is 0 Å². The summed E-state index contributed by atoms with van der Waals surface area (Å²) >= 11 is 0. The normalized spacial score (nSPS) is 11.7. The highest BCUT2D eigenvalue weighted by molar-refractivity contribution is 5.67. The van der Waals surface area contributed by atoms with Crippen LogP contribution in [0.2, 0.25) is 0 Å². The second-order valence-electron chi connectivity index (χ2n) is 4.59. The molecule has 9 heteroatoms. The Morgan fingerprint density at radius 2 is 1.87 bits per heavy atom. The minimum atomic E-state index is -4.60. The third-order valence-electron chi connectivity index (χ3n) is 3.07. The number of rotatable bonds is 2. The van der Waals surface area contributed by atoms with Crippen LogP contribution in [0.1, 0.15) is 5.56 Å². The molecule has 0 saturated carbocycles. The number of aromatic nitrogens is 4. The number of alkyl halides is 3. The molecule has 0 aliphatic rings. The van der Waals surface area contributed by atoms with Crippen molar-refractivity contribution >= 4 is 0 Å². The topological polar surface area (TPSA) is 74.7 Å². The van der Waals surface area contributed by atoms with Gasteiger partial charge in [0.05, 0.1) is 16.7 Å². The lowest BCUT2D eigenvalue weighted by Gasteiger charge is -2.09. The first-order valence-corrected chi connectivity index (χ1v) is 6.29. The molecule has 0 amide bonds. The Morgan fingerprint density at radius 3 is 2.61 bits per heavy atom. The maximum absolute atomic E-state index is 13.3. The summed E-state index contributed by atoms with van der Waals surface area (Å²) in [6.45, 7) is 0.